The normalized spacial score (nSPS) is 13.3. The van der Waals surface area contributed by atoms with Crippen LogP contribution < -0.4 is 27.0 Å². The van der Waals surface area contributed by atoms with Gasteiger partial charge in [-0.15, -0.1) is 0 Å². The average molecular weight is 668 g/mol. The lowest BCUT2D eigenvalue weighted by molar-refractivity contribution is -0.141. The van der Waals surface area contributed by atoms with Crippen LogP contribution in [-0.2, 0) is 48.0 Å². The number of Topliss-reactive ketones (excluding diaryl/α,β-unsaturated/α-hetero) is 1. The molecule has 3 unspecified atom stereocenters. The number of carbonyl (C=O) groups is 6. The summed E-state index contributed by atoms with van der Waals surface area (Å²) in [7, 11) is 0. The zero-order valence-corrected chi connectivity index (χ0v) is 27.4. The van der Waals surface area contributed by atoms with Gasteiger partial charge in [-0.25, -0.2) is 4.98 Å². The van der Waals surface area contributed by atoms with Crippen LogP contribution in [0.4, 0.5) is 0 Å². The molecular formula is C36H41N7O6. The van der Waals surface area contributed by atoms with Crippen LogP contribution >= 0.6 is 0 Å². The Kier molecular flexibility index (Phi) is 12.7. The number of aromatic amines is 1. The molecule has 0 aliphatic rings. The summed E-state index contributed by atoms with van der Waals surface area (Å²) in [4.78, 5) is 84.6. The van der Waals surface area contributed by atoms with E-state index in [9.17, 15) is 28.8 Å². The number of amides is 5. The monoisotopic (exact) mass is 667 g/mol. The van der Waals surface area contributed by atoms with Crippen LogP contribution in [0.1, 0.15) is 37.1 Å². The van der Waals surface area contributed by atoms with E-state index >= 15 is 0 Å². The molecule has 0 saturated heterocycles. The molecule has 0 spiro atoms. The number of hydrogen-bond acceptors (Lipinski definition) is 7. The summed E-state index contributed by atoms with van der Waals surface area (Å²) in [6.07, 6.45) is 3.65. The minimum Gasteiger partial charge on any atom is -0.368 e. The first-order valence-corrected chi connectivity index (χ1v) is 16.0. The fourth-order valence-electron chi connectivity index (χ4n) is 5.26. The second-order valence-corrected chi connectivity index (χ2v) is 11.9. The Morgan fingerprint density at radius 3 is 2.16 bits per heavy atom. The average Bonchev–Trinajstić information content (AvgIpc) is 3.61. The van der Waals surface area contributed by atoms with Crippen molar-refractivity contribution in [3.8, 4) is 0 Å². The van der Waals surface area contributed by atoms with Crippen LogP contribution in [0.15, 0.2) is 85.3 Å². The Morgan fingerprint density at radius 1 is 0.796 bits per heavy atom. The number of hydrogen-bond donors (Lipinski definition) is 6. The molecule has 1 heterocycles. The van der Waals surface area contributed by atoms with Gasteiger partial charge >= 0.3 is 0 Å². The van der Waals surface area contributed by atoms with Crippen LogP contribution in [0, 0.1) is 5.92 Å². The van der Waals surface area contributed by atoms with Crippen molar-refractivity contribution in [2.24, 2.45) is 11.7 Å². The molecule has 3 aromatic carbocycles. The number of nitrogens with one attached hydrogen (secondary N) is 5. The van der Waals surface area contributed by atoms with Gasteiger partial charge in [0.15, 0.2) is 0 Å². The fraction of sp³-hybridized carbons (Fsp3) is 0.306. The highest BCUT2D eigenvalue weighted by atomic mass is 16.2. The highest BCUT2D eigenvalue weighted by Crippen LogP contribution is 2.17. The van der Waals surface area contributed by atoms with E-state index in [0.29, 0.717) is 12.1 Å². The van der Waals surface area contributed by atoms with Crippen molar-refractivity contribution in [2.75, 3.05) is 6.54 Å². The van der Waals surface area contributed by atoms with Gasteiger partial charge in [0.25, 0.3) is 5.91 Å². The van der Waals surface area contributed by atoms with E-state index in [1.807, 2.05) is 48.5 Å². The Bertz CT molecular complexity index is 1780. The third-order valence-corrected chi connectivity index (χ3v) is 8.19. The van der Waals surface area contributed by atoms with Crippen molar-refractivity contribution >= 4 is 46.1 Å². The molecule has 13 nitrogen and oxygen atoms in total. The summed E-state index contributed by atoms with van der Waals surface area (Å²) in [6.45, 7) is 2.89. The van der Waals surface area contributed by atoms with E-state index in [0.717, 1.165) is 21.9 Å². The number of imidazole rings is 1. The van der Waals surface area contributed by atoms with Gasteiger partial charge in [-0.1, -0.05) is 93.1 Å². The lowest BCUT2D eigenvalue weighted by Gasteiger charge is -2.26. The summed E-state index contributed by atoms with van der Waals surface area (Å²) in [5.41, 5.74) is 7.58. The van der Waals surface area contributed by atoms with Crippen molar-refractivity contribution in [3.63, 3.8) is 0 Å². The molecule has 0 radical (unpaired) electrons. The molecule has 13 heteroatoms. The molecule has 4 aromatic rings. The van der Waals surface area contributed by atoms with Crippen LogP contribution in [0.3, 0.4) is 0 Å². The molecule has 0 aliphatic carbocycles. The van der Waals surface area contributed by atoms with Gasteiger partial charge in [0.2, 0.25) is 29.4 Å². The van der Waals surface area contributed by atoms with Crippen LogP contribution in [0.2, 0.25) is 0 Å². The van der Waals surface area contributed by atoms with Gasteiger partial charge in [-0.05, 0) is 27.8 Å². The van der Waals surface area contributed by atoms with Gasteiger partial charge in [0.05, 0.1) is 31.0 Å². The van der Waals surface area contributed by atoms with Crippen LogP contribution in [0.25, 0.3) is 10.8 Å². The van der Waals surface area contributed by atoms with Gasteiger partial charge in [0, 0.05) is 19.0 Å². The standard InChI is InChI=1S/C36H41N7O6/c1-3-22(2)32(43-35(48)29(18-27-19-38-21-40-27)42-30(44)17-23-9-5-4-6-10-23)33(46)36(49)39-20-31(45)41-28(34(37)47)16-24-13-14-25-11-7-8-12-26(25)15-24/h4-15,19,21-22,28-29,32H,3,16-18,20H2,1-2H3,(H2,37,47)(H,38,40)(H,39,49)(H,41,45)(H,42,44)(H,43,48)/t22-,28?,29?,32?/m0/s1. The number of ketones is 1. The van der Waals surface area contributed by atoms with Gasteiger partial charge in [-0.2, -0.15) is 0 Å². The predicted octanol–water partition coefficient (Wildman–Crippen LogP) is 1.26. The van der Waals surface area contributed by atoms with E-state index in [4.69, 9.17) is 5.73 Å². The van der Waals surface area contributed by atoms with E-state index < -0.39 is 65.9 Å². The number of fused-ring (bicyclic) bond motifs is 1. The number of nitrogens with two attached hydrogens (primary N) is 1. The van der Waals surface area contributed by atoms with Crippen molar-refractivity contribution in [3.05, 3.63) is 102 Å². The number of carbonyl (C=O) groups excluding carboxylic acids is 6. The van der Waals surface area contributed by atoms with Crippen molar-refractivity contribution in [1.29, 1.82) is 0 Å². The van der Waals surface area contributed by atoms with Gasteiger partial charge in [-0.3, -0.25) is 28.8 Å². The molecule has 256 valence electrons. The zero-order chi connectivity index (χ0) is 35.3. The molecule has 4 rings (SSSR count). The molecule has 5 amide bonds. The lowest BCUT2D eigenvalue weighted by atomic mass is 9.94. The van der Waals surface area contributed by atoms with Crippen molar-refractivity contribution in [2.45, 2.75) is 57.7 Å². The summed E-state index contributed by atoms with van der Waals surface area (Å²) >= 11 is 0. The van der Waals surface area contributed by atoms with Crippen LogP contribution in [0.5, 0.6) is 0 Å². The van der Waals surface area contributed by atoms with Gasteiger partial charge in [0.1, 0.15) is 12.1 Å². The topological polar surface area (TPSA) is 205 Å². The SMILES string of the molecule is CC[C@H](C)C(NC(=O)C(Cc1c[nH]cn1)NC(=O)Cc1ccccc1)C(=O)C(=O)NCC(=O)NC(Cc1ccc2ccccc2c1)C(N)=O. The number of rotatable bonds is 17. The Balaban J connectivity index is 1.37. The molecule has 49 heavy (non-hydrogen) atoms. The molecule has 7 N–H and O–H groups in total. The first-order valence-electron chi connectivity index (χ1n) is 16.0. The van der Waals surface area contributed by atoms with E-state index in [2.05, 4.69) is 31.2 Å². The minimum atomic E-state index is -1.25. The maximum atomic E-state index is 13.5. The molecule has 4 atom stereocenters. The van der Waals surface area contributed by atoms with E-state index in [-0.39, 0.29) is 19.3 Å². The quantitative estimate of drug-likeness (QED) is 0.0909. The Hall–Kier alpha value is -5.85. The molecule has 0 bridgehead atoms. The van der Waals surface area contributed by atoms with E-state index in [1.165, 1.54) is 6.33 Å². The molecule has 0 aliphatic heterocycles. The summed E-state index contributed by atoms with van der Waals surface area (Å²) in [5.74, 6) is -5.10. The highest BCUT2D eigenvalue weighted by Gasteiger charge is 2.34. The molecule has 0 fully saturated rings. The largest absolute Gasteiger partial charge is 0.368 e. The number of H-pyrrole nitrogens is 1. The number of primary amides is 1. The predicted molar refractivity (Wildman–Crippen MR) is 183 cm³/mol. The smallest absolute Gasteiger partial charge is 0.290 e. The maximum absolute atomic E-state index is 13.5. The number of nitrogens with zero attached hydrogens (tertiary/aromatic N) is 1. The van der Waals surface area contributed by atoms with Crippen molar-refractivity contribution < 1.29 is 28.8 Å². The maximum Gasteiger partial charge on any atom is 0.290 e. The second kappa shape index (κ2) is 17.3. The van der Waals surface area contributed by atoms with Crippen molar-refractivity contribution in [1.82, 2.24) is 31.2 Å². The zero-order valence-electron chi connectivity index (χ0n) is 27.4. The third-order valence-electron chi connectivity index (χ3n) is 8.19. The molecule has 1 aromatic heterocycles. The summed E-state index contributed by atoms with van der Waals surface area (Å²) < 4.78 is 0. The highest BCUT2D eigenvalue weighted by molar-refractivity contribution is 6.38. The summed E-state index contributed by atoms with van der Waals surface area (Å²) in [6, 6.07) is 18.9. The van der Waals surface area contributed by atoms with Crippen LogP contribution in [-0.4, -0.2) is 70.0 Å². The first-order chi connectivity index (χ1) is 23.5. The lowest BCUT2D eigenvalue weighted by Crippen LogP contribution is -2.57. The number of benzene rings is 3. The minimum absolute atomic E-state index is 0.0300. The fourth-order valence-corrected chi connectivity index (χ4v) is 5.26. The third kappa shape index (κ3) is 10.6. The Morgan fingerprint density at radius 2 is 1.49 bits per heavy atom. The number of aromatic nitrogens is 2. The summed E-state index contributed by atoms with van der Waals surface area (Å²) in [5, 5.41) is 12.1. The molecule has 0 saturated carbocycles. The van der Waals surface area contributed by atoms with Gasteiger partial charge < -0.3 is 32.0 Å². The van der Waals surface area contributed by atoms with E-state index in [1.54, 1.807) is 44.3 Å². The second-order valence-electron chi connectivity index (χ2n) is 11.9. The Labute approximate surface area is 283 Å². The molecular weight excluding hydrogens is 626 g/mol. The first kappa shape index (κ1) is 36.0.